The van der Waals surface area contributed by atoms with Gasteiger partial charge in [-0.1, -0.05) is 19.2 Å². The zero-order valence-electron chi connectivity index (χ0n) is 27.3. The van der Waals surface area contributed by atoms with Crippen LogP contribution in [0.3, 0.4) is 0 Å². The van der Waals surface area contributed by atoms with E-state index >= 15 is 0 Å². The van der Waals surface area contributed by atoms with E-state index in [1.807, 2.05) is 54.6 Å². The summed E-state index contributed by atoms with van der Waals surface area (Å²) in [6, 6.07) is 19.0. The van der Waals surface area contributed by atoms with Gasteiger partial charge in [0.05, 0.1) is 41.0 Å². The third kappa shape index (κ3) is 13.9. The highest BCUT2D eigenvalue weighted by Crippen LogP contribution is 2.26. The first-order valence-electron chi connectivity index (χ1n) is 14.7. The van der Waals surface area contributed by atoms with E-state index in [9.17, 15) is 9.59 Å². The normalized spacial score (nSPS) is 9.89. The van der Waals surface area contributed by atoms with Crippen LogP contribution in [0.15, 0.2) is 107 Å². The summed E-state index contributed by atoms with van der Waals surface area (Å²) in [5.41, 5.74) is 2.02. The molecule has 11 heteroatoms. The summed E-state index contributed by atoms with van der Waals surface area (Å²) in [5.74, 6) is 4.74. The molecule has 4 aromatic rings. The van der Waals surface area contributed by atoms with Crippen LogP contribution in [-0.4, -0.2) is 57.6 Å². The number of methoxy groups -OCH3 is 4. The lowest BCUT2D eigenvalue weighted by Crippen LogP contribution is -2.31. The van der Waals surface area contributed by atoms with Crippen molar-refractivity contribution in [2.24, 2.45) is 0 Å². The molecule has 2 aromatic carbocycles. The van der Waals surface area contributed by atoms with Crippen molar-refractivity contribution >= 4 is 22.8 Å². The van der Waals surface area contributed by atoms with Gasteiger partial charge < -0.3 is 38.0 Å². The number of amides is 1. The first-order valence-corrected chi connectivity index (χ1v) is 15.1. The fraction of sp³-hybridized carbons (Fsp3) is 0.278. The number of ether oxygens (including phenoxy) is 4. The Balaban J connectivity index is 0.000000290. The second kappa shape index (κ2) is 21.7. The van der Waals surface area contributed by atoms with Crippen LogP contribution >= 0.6 is 11.6 Å². The molecule has 0 radical (unpaired) electrons. The number of halogens is 1. The Morgan fingerprint density at radius 3 is 1.79 bits per heavy atom. The number of hydrogen-bond donors (Lipinski definition) is 1. The molecule has 0 bridgehead atoms. The number of hydrogen-bond acceptors (Lipinski definition) is 9. The summed E-state index contributed by atoms with van der Waals surface area (Å²) < 4.78 is 31.7. The van der Waals surface area contributed by atoms with Crippen molar-refractivity contribution in [3.8, 4) is 23.0 Å². The predicted octanol–water partition coefficient (Wildman–Crippen LogP) is 6.62. The lowest BCUT2D eigenvalue weighted by Gasteiger charge is -2.22. The van der Waals surface area contributed by atoms with Crippen LogP contribution in [0, 0.1) is 0 Å². The summed E-state index contributed by atoms with van der Waals surface area (Å²) in [6.07, 6.45) is 7.21. The van der Waals surface area contributed by atoms with E-state index in [4.69, 9.17) is 39.4 Å². The fourth-order valence-corrected chi connectivity index (χ4v) is 4.17. The Bertz CT molecular complexity index is 1500. The molecule has 47 heavy (non-hydrogen) atoms. The van der Waals surface area contributed by atoms with Gasteiger partial charge in [0.1, 0.15) is 34.5 Å². The van der Waals surface area contributed by atoms with Crippen molar-refractivity contribution in [3.05, 3.63) is 121 Å². The Kier molecular flexibility index (Phi) is 17.7. The number of benzene rings is 2. The second-order valence-electron chi connectivity index (χ2n) is 9.66. The molecular weight excluding hydrogens is 624 g/mol. The molecule has 0 spiro atoms. The van der Waals surface area contributed by atoms with Crippen molar-refractivity contribution in [3.63, 3.8) is 0 Å². The molecule has 0 saturated carbocycles. The second-order valence-corrected chi connectivity index (χ2v) is 10.0. The largest absolute Gasteiger partial charge is 0.497 e. The molecule has 10 nitrogen and oxygen atoms in total. The van der Waals surface area contributed by atoms with Crippen LogP contribution in [0.2, 0.25) is 0 Å². The minimum atomic E-state index is -0.509. The average Bonchev–Trinajstić information content (AvgIpc) is 3.84. The highest BCUT2D eigenvalue weighted by Gasteiger charge is 2.15. The van der Waals surface area contributed by atoms with Gasteiger partial charge in [0, 0.05) is 62.3 Å². The number of furan rings is 2. The van der Waals surface area contributed by atoms with Crippen molar-refractivity contribution in [2.75, 3.05) is 41.5 Å². The van der Waals surface area contributed by atoms with Gasteiger partial charge in [0.25, 0.3) is 0 Å². The molecule has 0 atom stereocenters. The van der Waals surface area contributed by atoms with Crippen molar-refractivity contribution < 1.29 is 37.4 Å². The molecule has 2 heterocycles. The average molecular weight is 667 g/mol. The number of carbonyl (C=O) groups is 2. The van der Waals surface area contributed by atoms with E-state index in [0.29, 0.717) is 31.0 Å². The topological polar surface area (TPSA) is 113 Å². The maximum Gasteiger partial charge on any atom is 0.246 e. The van der Waals surface area contributed by atoms with E-state index in [2.05, 4.69) is 18.5 Å². The molecule has 0 aliphatic carbocycles. The predicted molar refractivity (Wildman–Crippen MR) is 182 cm³/mol. The summed E-state index contributed by atoms with van der Waals surface area (Å²) in [4.78, 5) is 23.3. The molecule has 1 amide bonds. The SMILES string of the molecule is C=CC(=O)Cl.C=CC(=O)N(CCc1ccco1)Cc1ccc(OC)cc1OC.COc1ccc(CNCCc2ccco2)c(OC)c1. The maximum absolute atomic E-state index is 12.1. The molecule has 0 aliphatic rings. The summed E-state index contributed by atoms with van der Waals surface area (Å²) >= 11 is 4.71. The zero-order chi connectivity index (χ0) is 34.4. The lowest BCUT2D eigenvalue weighted by molar-refractivity contribution is -0.126. The summed E-state index contributed by atoms with van der Waals surface area (Å²) in [6.45, 7) is 9.24. The number of nitrogens with one attached hydrogen (secondary N) is 1. The third-order valence-electron chi connectivity index (χ3n) is 6.65. The van der Waals surface area contributed by atoms with Crippen LogP contribution in [0.25, 0.3) is 0 Å². The summed E-state index contributed by atoms with van der Waals surface area (Å²) in [5, 5.41) is 2.86. The van der Waals surface area contributed by atoms with Crippen LogP contribution in [0.1, 0.15) is 22.6 Å². The smallest absolute Gasteiger partial charge is 0.246 e. The molecule has 0 unspecified atom stereocenters. The Labute approximate surface area is 281 Å². The minimum Gasteiger partial charge on any atom is -0.497 e. The third-order valence-corrected chi connectivity index (χ3v) is 6.80. The molecule has 1 N–H and O–H groups in total. The van der Waals surface area contributed by atoms with Crippen molar-refractivity contribution in [1.29, 1.82) is 0 Å². The number of carbonyl (C=O) groups excluding carboxylic acids is 2. The van der Waals surface area contributed by atoms with Crippen molar-refractivity contribution in [1.82, 2.24) is 10.2 Å². The van der Waals surface area contributed by atoms with Gasteiger partial charge in [0.2, 0.25) is 11.1 Å². The van der Waals surface area contributed by atoms with E-state index in [-0.39, 0.29) is 5.91 Å². The minimum absolute atomic E-state index is 0.130. The number of rotatable bonds is 16. The Hall–Kier alpha value is -4.93. The van der Waals surface area contributed by atoms with Gasteiger partial charge >= 0.3 is 0 Å². The maximum atomic E-state index is 12.1. The molecule has 0 aliphatic heterocycles. The van der Waals surface area contributed by atoms with Gasteiger partial charge in [-0.25, -0.2) is 0 Å². The van der Waals surface area contributed by atoms with Crippen LogP contribution in [0.4, 0.5) is 0 Å². The number of nitrogens with zero attached hydrogens (tertiary/aromatic N) is 1. The van der Waals surface area contributed by atoms with E-state index in [1.54, 1.807) is 51.9 Å². The van der Waals surface area contributed by atoms with E-state index in [0.717, 1.165) is 59.7 Å². The summed E-state index contributed by atoms with van der Waals surface area (Å²) in [7, 11) is 6.52. The van der Waals surface area contributed by atoms with Crippen molar-refractivity contribution in [2.45, 2.75) is 25.9 Å². The zero-order valence-corrected chi connectivity index (χ0v) is 28.1. The number of allylic oxidation sites excluding steroid dienone is 1. The highest BCUT2D eigenvalue weighted by molar-refractivity contribution is 6.66. The molecular formula is C36H43ClN2O8. The standard InChI is InChI=1S/C18H21NO4.C15H19NO3.C3H3ClO/c1-4-18(20)19(10-9-15-6-5-11-23-15)13-14-7-8-16(21-2)12-17(14)22-3;1-17-14-6-5-12(15(10-14)18-2)11-16-8-7-13-4-3-9-19-13;1-2-3(4)5/h4-8,11-12H,1,9-10,13H2,2-3H3;3-6,9-10,16H,7-8,11H2,1-2H3;2H,1H2. The quantitative estimate of drug-likeness (QED) is 0.0801. The van der Waals surface area contributed by atoms with Gasteiger partial charge in [-0.15, -0.1) is 0 Å². The molecule has 4 rings (SSSR count). The van der Waals surface area contributed by atoms with Gasteiger partial charge in [-0.05, 0) is 66.2 Å². The first-order chi connectivity index (χ1) is 22.8. The van der Waals surface area contributed by atoms with Crippen LogP contribution in [0.5, 0.6) is 23.0 Å². The van der Waals surface area contributed by atoms with Crippen LogP contribution < -0.4 is 24.3 Å². The fourth-order valence-electron chi connectivity index (χ4n) is 4.17. The van der Waals surface area contributed by atoms with Gasteiger partial charge in [-0.3, -0.25) is 9.59 Å². The van der Waals surface area contributed by atoms with Gasteiger partial charge in [-0.2, -0.15) is 0 Å². The Morgan fingerprint density at radius 2 is 1.32 bits per heavy atom. The van der Waals surface area contributed by atoms with Crippen LogP contribution in [-0.2, 0) is 35.5 Å². The highest BCUT2D eigenvalue weighted by atomic mass is 35.5. The lowest BCUT2D eigenvalue weighted by atomic mass is 10.1. The Morgan fingerprint density at radius 1 is 0.787 bits per heavy atom. The van der Waals surface area contributed by atoms with E-state index < -0.39 is 5.24 Å². The first kappa shape index (κ1) is 38.3. The molecule has 0 fully saturated rings. The van der Waals surface area contributed by atoms with Gasteiger partial charge in [0.15, 0.2) is 0 Å². The monoisotopic (exact) mass is 666 g/mol. The molecule has 252 valence electrons. The molecule has 0 saturated heterocycles. The molecule has 2 aromatic heterocycles. The van der Waals surface area contributed by atoms with E-state index in [1.165, 1.54) is 6.08 Å².